The lowest BCUT2D eigenvalue weighted by Crippen LogP contribution is -2.55. The third-order valence-electron chi connectivity index (χ3n) is 5.05. The van der Waals surface area contributed by atoms with Crippen molar-refractivity contribution in [2.24, 2.45) is 0 Å². The van der Waals surface area contributed by atoms with Crippen molar-refractivity contribution in [2.45, 2.75) is 13.0 Å². The molecule has 2 aliphatic heterocycles. The molecular weight excluding hydrogens is 304 g/mol. The summed E-state index contributed by atoms with van der Waals surface area (Å²) in [5.74, 6) is 1.14. The predicted molar refractivity (Wildman–Crippen MR) is 95.7 cm³/mol. The Hall–Kier alpha value is -1.79. The molecule has 2 heterocycles. The van der Waals surface area contributed by atoms with E-state index in [-0.39, 0.29) is 5.91 Å². The number of anilines is 1. The zero-order valence-corrected chi connectivity index (χ0v) is 14.7. The van der Waals surface area contributed by atoms with Gasteiger partial charge in [-0.25, -0.2) is 0 Å². The van der Waals surface area contributed by atoms with E-state index in [0.717, 1.165) is 51.6 Å². The van der Waals surface area contributed by atoms with Crippen molar-refractivity contribution in [3.63, 3.8) is 0 Å². The van der Waals surface area contributed by atoms with Crippen LogP contribution in [0.2, 0.25) is 0 Å². The van der Waals surface area contributed by atoms with Crippen molar-refractivity contribution in [1.82, 2.24) is 15.1 Å². The summed E-state index contributed by atoms with van der Waals surface area (Å²) in [5.41, 5.74) is 1.19. The summed E-state index contributed by atoms with van der Waals surface area (Å²) < 4.78 is 5.21. The number of hydrogen-bond donors (Lipinski definition) is 1. The number of amides is 1. The first-order valence-electron chi connectivity index (χ1n) is 8.79. The molecule has 0 aliphatic carbocycles. The Bertz CT molecular complexity index is 540. The van der Waals surface area contributed by atoms with Gasteiger partial charge in [-0.2, -0.15) is 0 Å². The first-order chi connectivity index (χ1) is 11.7. The number of carbonyl (C=O) groups excluding carboxylic acids is 1. The van der Waals surface area contributed by atoms with Gasteiger partial charge in [-0.05, 0) is 31.2 Å². The number of nitrogens with one attached hydrogen (secondary N) is 1. The van der Waals surface area contributed by atoms with Crippen molar-refractivity contribution in [1.29, 1.82) is 0 Å². The van der Waals surface area contributed by atoms with Crippen LogP contribution in [-0.4, -0.2) is 81.2 Å². The van der Waals surface area contributed by atoms with Crippen molar-refractivity contribution in [2.75, 3.05) is 64.4 Å². The second-order valence-corrected chi connectivity index (χ2v) is 6.59. The lowest BCUT2D eigenvalue weighted by atomic mass is 10.2. The van der Waals surface area contributed by atoms with Crippen molar-refractivity contribution in [3.05, 3.63) is 24.3 Å². The largest absolute Gasteiger partial charge is 0.497 e. The molecule has 0 unspecified atom stereocenters. The summed E-state index contributed by atoms with van der Waals surface area (Å²) in [6.07, 6.45) is 0. The minimum Gasteiger partial charge on any atom is -0.497 e. The first-order valence-corrected chi connectivity index (χ1v) is 8.79. The van der Waals surface area contributed by atoms with Gasteiger partial charge in [-0.1, -0.05) is 0 Å². The molecule has 24 heavy (non-hydrogen) atoms. The monoisotopic (exact) mass is 332 g/mol. The Balaban J connectivity index is 1.49. The standard InChI is InChI=1S/C18H28N4O2/c1-15-13-19-7-8-22(15)14-18(23)21-11-9-20(10-12-21)16-3-5-17(24-2)6-4-16/h3-6,15,19H,7-14H2,1-2H3/t15-/m0/s1. The van der Waals surface area contributed by atoms with E-state index in [0.29, 0.717) is 12.6 Å². The minimum atomic E-state index is 0.262. The van der Waals surface area contributed by atoms with Crippen LogP contribution in [0, 0.1) is 0 Å². The molecule has 1 atom stereocenters. The summed E-state index contributed by atoms with van der Waals surface area (Å²) in [7, 11) is 1.68. The van der Waals surface area contributed by atoms with Crippen LogP contribution < -0.4 is 15.0 Å². The fraction of sp³-hybridized carbons (Fsp3) is 0.611. The van der Waals surface area contributed by atoms with Crippen molar-refractivity contribution in [3.8, 4) is 5.75 Å². The molecule has 6 heteroatoms. The van der Waals surface area contributed by atoms with Gasteiger partial charge in [0.25, 0.3) is 0 Å². The molecule has 0 bridgehead atoms. The Morgan fingerprint density at radius 2 is 1.88 bits per heavy atom. The summed E-state index contributed by atoms with van der Waals surface area (Å²) in [6, 6.07) is 8.57. The van der Waals surface area contributed by atoms with E-state index >= 15 is 0 Å². The highest BCUT2D eigenvalue weighted by molar-refractivity contribution is 5.78. The third kappa shape index (κ3) is 3.99. The van der Waals surface area contributed by atoms with Crippen LogP contribution in [0.4, 0.5) is 5.69 Å². The molecule has 0 spiro atoms. The van der Waals surface area contributed by atoms with Gasteiger partial charge in [0.15, 0.2) is 0 Å². The second-order valence-electron chi connectivity index (χ2n) is 6.59. The normalized spacial score (nSPS) is 22.5. The highest BCUT2D eigenvalue weighted by Crippen LogP contribution is 2.20. The van der Waals surface area contributed by atoms with Gasteiger partial charge in [0, 0.05) is 57.5 Å². The molecule has 1 aromatic carbocycles. The summed E-state index contributed by atoms with van der Waals surface area (Å²) in [4.78, 5) is 19.2. The van der Waals surface area contributed by atoms with Crippen LogP contribution in [0.25, 0.3) is 0 Å². The molecule has 1 aromatic rings. The maximum atomic E-state index is 12.6. The van der Waals surface area contributed by atoms with E-state index in [1.807, 2.05) is 17.0 Å². The molecule has 0 saturated carbocycles. The maximum absolute atomic E-state index is 12.6. The number of carbonyl (C=O) groups is 1. The Morgan fingerprint density at radius 3 is 2.50 bits per heavy atom. The molecule has 6 nitrogen and oxygen atoms in total. The highest BCUT2D eigenvalue weighted by atomic mass is 16.5. The van der Waals surface area contributed by atoms with E-state index in [4.69, 9.17) is 4.74 Å². The molecule has 2 fully saturated rings. The van der Waals surface area contributed by atoms with Crippen LogP contribution >= 0.6 is 0 Å². The molecule has 2 saturated heterocycles. The fourth-order valence-corrected chi connectivity index (χ4v) is 3.40. The number of rotatable bonds is 4. The van der Waals surface area contributed by atoms with Crippen LogP contribution in [0.1, 0.15) is 6.92 Å². The number of methoxy groups -OCH3 is 1. The molecular formula is C18H28N4O2. The lowest BCUT2D eigenvalue weighted by molar-refractivity contribution is -0.133. The predicted octanol–water partition coefficient (Wildman–Crippen LogP) is 0.638. The quantitative estimate of drug-likeness (QED) is 0.877. The first kappa shape index (κ1) is 17.0. The van der Waals surface area contributed by atoms with Crippen LogP contribution in [0.3, 0.4) is 0 Å². The molecule has 0 radical (unpaired) electrons. The summed E-state index contributed by atoms with van der Waals surface area (Å²) in [5, 5.41) is 3.37. The van der Waals surface area contributed by atoms with Crippen LogP contribution in [-0.2, 0) is 4.79 Å². The van der Waals surface area contributed by atoms with E-state index in [1.165, 1.54) is 5.69 Å². The smallest absolute Gasteiger partial charge is 0.236 e. The molecule has 3 rings (SSSR count). The Labute approximate surface area is 144 Å². The molecule has 1 amide bonds. The summed E-state index contributed by atoms with van der Waals surface area (Å²) in [6.45, 7) is 8.99. The zero-order chi connectivity index (χ0) is 16.9. The highest BCUT2D eigenvalue weighted by Gasteiger charge is 2.25. The van der Waals surface area contributed by atoms with Gasteiger partial charge in [0.1, 0.15) is 5.75 Å². The van der Waals surface area contributed by atoms with Crippen LogP contribution in [0.5, 0.6) is 5.75 Å². The minimum absolute atomic E-state index is 0.262. The Kier molecular flexibility index (Phi) is 5.58. The third-order valence-corrected chi connectivity index (χ3v) is 5.05. The van der Waals surface area contributed by atoms with Gasteiger partial charge >= 0.3 is 0 Å². The average molecular weight is 332 g/mol. The van der Waals surface area contributed by atoms with E-state index in [2.05, 4.69) is 34.2 Å². The van der Waals surface area contributed by atoms with Crippen LogP contribution in [0.15, 0.2) is 24.3 Å². The topological polar surface area (TPSA) is 48.1 Å². The number of ether oxygens (including phenoxy) is 1. The number of piperazine rings is 2. The molecule has 1 N–H and O–H groups in total. The second kappa shape index (κ2) is 7.85. The van der Waals surface area contributed by atoms with Crippen molar-refractivity contribution >= 4 is 11.6 Å². The molecule has 0 aromatic heterocycles. The van der Waals surface area contributed by atoms with Gasteiger partial charge in [0.05, 0.1) is 13.7 Å². The number of nitrogens with zero attached hydrogens (tertiary/aromatic N) is 3. The average Bonchev–Trinajstić information content (AvgIpc) is 2.64. The molecule has 2 aliphatic rings. The van der Waals surface area contributed by atoms with E-state index in [1.54, 1.807) is 7.11 Å². The number of hydrogen-bond acceptors (Lipinski definition) is 5. The van der Waals surface area contributed by atoms with Gasteiger partial charge in [-0.15, -0.1) is 0 Å². The van der Waals surface area contributed by atoms with Gasteiger partial charge < -0.3 is 19.9 Å². The van der Waals surface area contributed by atoms with Gasteiger partial charge in [0.2, 0.25) is 5.91 Å². The SMILES string of the molecule is COc1ccc(N2CCN(C(=O)CN3CCNC[C@@H]3C)CC2)cc1. The number of benzene rings is 1. The van der Waals surface area contributed by atoms with Gasteiger partial charge in [-0.3, -0.25) is 9.69 Å². The fourth-order valence-electron chi connectivity index (χ4n) is 3.40. The maximum Gasteiger partial charge on any atom is 0.236 e. The zero-order valence-electron chi connectivity index (χ0n) is 14.7. The summed E-state index contributed by atoms with van der Waals surface area (Å²) >= 11 is 0. The van der Waals surface area contributed by atoms with Crippen molar-refractivity contribution < 1.29 is 9.53 Å². The lowest BCUT2D eigenvalue weighted by Gasteiger charge is -2.39. The Morgan fingerprint density at radius 1 is 1.17 bits per heavy atom. The van der Waals surface area contributed by atoms with E-state index < -0.39 is 0 Å². The molecule has 132 valence electrons. The van der Waals surface area contributed by atoms with E-state index in [9.17, 15) is 4.79 Å².